The lowest BCUT2D eigenvalue weighted by Crippen LogP contribution is -2.39. The van der Waals surface area contributed by atoms with E-state index in [1.54, 1.807) is 18.2 Å². The van der Waals surface area contributed by atoms with Crippen LogP contribution in [0.1, 0.15) is 77.8 Å². The van der Waals surface area contributed by atoms with Gasteiger partial charge in [-0.25, -0.2) is 0 Å². The predicted octanol–water partition coefficient (Wildman–Crippen LogP) is 6.38. The number of benzene rings is 2. The topological polar surface area (TPSA) is 69.7 Å². The molecule has 1 atom stereocenters. The van der Waals surface area contributed by atoms with Gasteiger partial charge in [0.25, 0.3) is 0 Å². The molecule has 1 aliphatic carbocycles. The van der Waals surface area contributed by atoms with E-state index in [9.17, 15) is 14.2 Å². The molecule has 171 valence electrons. The van der Waals surface area contributed by atoms with Crippen molar-refractivity contribution in [2.24, 2.45) is 0 Å². The maximum absolute atomic E-state index is 14.2. The van der Waals surface area contributed by atoms with Crippen LogP contribution in [0.5, 0.6) is 11.5 Å². The van der Waals surface area contributed by atoms with Crippen molar-refractivity contribution in [3.63, 3.8) is 0 Å². The summed E-state index contributed by atoms with van der Waals surface area (Å²) in [5.74, 6) is 0.466. The molecule has 0 saturated heterocycles. The zero-order valence-corrected chi connectivity index (χ0v) is 20.3. The van der Waals surface area contributed by atoms with Gasteiger partial charge >= 0.3 is 0 Å². The number of carbonyl (C=O) groups is 2. The van der Waals surface area contributed by atoms with Crippen molar-refractivity contribution >= 4 is 19.1 Å². The molecule has 1 aliphatic rings. The largest absolute Gasteiger partial charge is 0.496 e. The summed E-state index contributed by atoms with van der Waals surface area (Å²) < 4.78 is 24.8. The van der Waals surface area contributed by atoms with Crippen molar-refractivity contribution in [1.82, 2.24) is 0 Å². The Bertz CT molecular complexity index is 976. The fourth-order valence-electron chi connectivity index (χ4n) is 4.78. The molecule has 0 bridgehead atoms. The Balaban J connectivity index is 2.15. The molecule has 1 saturated carbocycles. The molecule has 0 heterocycles. The average Bonchev–Trinajstić information content (AvgIpc) is 2.86. The second-order valence-corrected chi connectivity index (χ2v) is 10.1. The zero-order valence-electron chi connectivity index (χ0n) is 19.4. The molecule has 2 aromatic rings. The Morgan fingerprint density at radius 1 is 0.844 bits per heavy atom. The Morgan fingerprint density at radius 2 is 1.34 bits per heavy atom. The van der Waals surface area contributed by atoms with E-state index in [0.29, 0.717) is 42.7 Å². The van der Waals surface area contributed by atoms with Gasteiger partial charge in [-0.15, -0.1) is 0 Å². The van der Waals surface area contributed by atoms with Crippen LogP contribution in [0, 0.1) is 0 Å². The molecule has 3 rings (SSSR count). The number of methoxy groups -OCH3 is 2. The molecule has 5 nitrogen and oxygen atoms in total. The molecule has 0 N–H and O–H groups in total. The number of hydrogen-bond acceptors (Lipinski definition) is 5. The standard InChI is InChI=1S/C26H32O5P/c1-5-18-12-10-13-19(6-2)22(18)24(27)26(16-8-7-9-17-26)32(29)25(28)23-20(30-3)14-11-15-21(23)31-4/h10-15H,5-9,16-17H2,1-4H3. The van der Waals surface area contributed by atoms with Crippen molar-refractivity contribution in [2.75, 3.05) is 14.2 Å². The van der Waals surface area contributed by atoms with Crippen molar-refractivity contribution in [3.05, 3.63) is 58.7 Å². The summed E-state index contributed by atoms with van der Waals surface area (Å²) in [6.45, 7) is 4.04. The first-order chi connectivity index (χ1) is 15.4. The van der Waals surface area contributed by atoms with E-state index >= 15 is 0 Å². The predicted molar refractivity (Wildman–Crippen MR) is 127 cm³/mol. The van der Waals surface area contributed by atoms with Crippen molar-refractivity contribution in [1.29, 1.82) is 0 Å². The van der Waals surface area contributed by atoms with E-state index in [1.165, 1.54) is 14.2 Å². The van der Waals surface area contributed by atoms with Crippen molar-refractivity contribution in [3.8, 4) is 11.5 Å². The Labute approximate surface area is 191 Å². The monoisotopic (exact) mass is 455 g/mol. The average molecular weight is 456 g/mol. The lowest BCUT2D eigenvalue weighted by atomic mass is 9.80. The summed E-state index contributed by atoms with van der Waals surface area (Å²) in [5, 5.41) is -1.20. The van der Waals surface area contributed by atoms with Gasteiger partial charge in [0.2, 0.25) is 5.52 Å². The van der Waals surface area contributed by atoms with Crippen LogP contribution < -0.4 is 9.47 Å². The Kier molecular flexibility index (Phi) is 7.84. The molecule has 0 amide bonds. The summed E-state index contributed by atoms with van der Waals surface area (Å²) in [5.41, 5.74) is 2.13. The molecule has 1 fully saturated rings. The molecule has 1 unspecified atom stereocenters. The van der Waals surface area contributed by atoms with Gasteiger partial charge in [-0.1, -0.05) is 57.4 Å². The highest BCUT2D eigenvalue weighted by Gasteiger charge is 2.50. The second-order valence-electron chi connectivity index (χ2n) is 8.22. The minimum atomic E-state index is -2.56. The summed E-state index contributed by atoms with van der Waals surface area (Å²) in [7, 11) is 0.366. The molecular formula is C26H32O5P. The van der Waals surface area contributed by atoms with E-state index in [4.69, 9.17) is 9.47 Å². The molecular weight excluding hydrogens is 423 g/mol. The van der Waals surface area contributed by atoms with Gasteiger partial charge in [0.05, 0.1) is 14.2 Å². The smallest absolute Gasteiger partial charge is 0.250 e. The number of carbonyl (C=O) groups excluding carboxylic acids is 2. The summed E-state index contributed by atoms with van der Waals surface area (Å²) >= 11 is 0. The Hall–Kier alpha value is -2.52. The summed E-state index contributed by atoms with van der Waals surface area (Å²) in [4.78, 5) is 27.8. The highest BCUT2D eigenvalue weighted by Crippen LogP contribution is 2.54. The minimum absolute atomic E-state index is 0.144. The SMILES string of the molecule is CCc1cccc(CC)c1C(=O)C1([P](=O)C(=O)c2c(OC)cccc2OC)CCCCC1. The Morgan fingerprint density at radius 3 is 1.81 bits per heavy atom. The van der Waals surface area contributed by atoms with E-state index in [-0.39, 0.29) is 11.3 Å². The number of hydrogen-bond donors (Lipinski definition) is 0. The molecule has 6 heteroatoms. The quantitative estimate of drug-likeness (QED) is 0.324. The third kappa shape index (κ3) is 4.23. The molecule has 32 heavy (non-hydrogen) atoms. The van der Waals surface area contributed by atoms with Gasteiger partial charge in [0, 0.05) is 5.56 Å². The van der Waals surface area contributed by atoms with E-state index < -0.39 is 18.5 Å². The van der Waals surface area contributed by atoms with Crippen LogP contribution in [0.3, 0.4) is 0 Å². The van der Waals surface area contributed by atoms with Crippen LogP contribution in [0.25, 0.3) is 0 Å². The highest BCUT2D eigenvalue weighted by atomic mass is 31.1. The number of aryl methyl sites for hydroxylation is 2. The summed E-state index contributed by atoms with van der Waals surface area (Å²) in [6.07, 6.45) is 4.83. The van der Waals surface area contributed by atoms with Crippen molar-refractivity contribution in [2.45, 2.75) is 63.9 Å². The fourth-order valence-corrected chi connectivity index (χ4v) is 6.61. The van der Waals surface area contributed by atoms with Crippen molar-refractivity contribution < 1.29 is 23.6 Å². The molecule has 0 aliphatic heterocycles. The second kappa shape index (κ2) is 10.4. The first-order valence-electron chi connectivity index (χ1n) is 11.3. The van der Waals surface area contributed by atoms with Gasteiger partial charge in [-0.05, 0) is 48.9 Å². The highest BCUT2D eigenvalue weighted by molar-refractivity contribution is 7.67. The van der Waals surface area contributed by atoms with Crippen LogP contribution in [-0.4, -0.2) is 30.7 Å². The third-order valence-corrected chi connectivity index (χ3v) is 8.56. The number of ether oxygens (including phenoxy) is 2. The molecule has 1 radical (unpaired) electrons. The van der Waals surface area contributed by atoms with Gasteiger partial charge < -0.3 is 9.47 Å². The van der Waals surface area contributed by atoms with E-state index in [0.717, 1.165) is 30.4 Å². The lowest BCUT2D eigenvalue weighted by molar-refractivity contribution is 0.0901. The first-order valence-corrected chi connectivity index (χ1v) is 12.6. The van der Waals surface area contributed by atoms with Gasteiger partial charge in [-0.3, -0.25) is 14.2 Å². The minimum Gasteiger partial charge on any atom is -0.496 e. The molecule has 0 aromatic heterocycles. The van der Waals surface area contributed by atoms with Crippen LogP contribution in [0.2, 0.25) is 0 Å². The fraction of sp³-hybridized carbons (Fsp3) is 0.462. The lowest BCUT2D eigenvalue weighted by Gasteiger charge is -2.35. The number of rotatable bonds is 9. The zero-order chi connectivity index (χ0) is 23.3. The number of Topliss-reactive ketones (excluding diaryl/α,β-unsaturated/α-hetero) is 1. The van der Waals surface area contributed by atoms with E-state index in [2.05, 4.69) is 0 Å². The maximum atomic E-state index is 14.2. The van der Waals surface area contributed by atoms with Gasteiger partial charge in [0.1, 0.15) is 22.2 Å². The maximum Gasteiger partial charge on any atom is 0.250 e. The van der Waals surface area contributed by atoms with E-state index in [1.807, 2.05) is 32.0 Å². The van der Waals surface area contributed by atoms with Crippen LogP contribution in [0.4, 0.5) is 0 Å². The number of ketones is 1. The van der Waals surface area contributed by atoms with Crippen LogP contribution in [-0.2, 0) is 17.4 Å². The van der Waals surface area contributed by atoms with Crippen LogP contribution in [0.15, 0.2) is 36.4 Å². The molecule has 2 aromatic carbocycles. The summed E-state index contributed by atoms with van der Waals surface area (Å²) in [6, 6.07) is 10.9. The molecule has 0 spiro atoms. The first kappa shape index (κ1) is 24.1. The normalized spacial score (nSPS) is 15.7. The van der Waals surface area contributed by atoms with Crippen LogP contribution >= 0.6 is 7.80 Å². The van der Waals surface area contributed by atoms with Gasteiger partial charge in [0.15, 0.2) is 13.6 Å². The third-order valence-electron chi connectivity index (χ3n) is 6.54. The van der Waals surface area contributed by atoms with Gasteiger partial charge in [-0.2, -0.15) is 0 Å².